The fraction of sp³-hybridized carbons (Fsp3) is 0.562. The van der Waals surface area contributed by atoms with Crippen LogP contribution < -0.4 is 9.62 Å². The van der Waals surface area contributed by atoms with Crippen LogP contribution in [0.15, 0.2) is 23.1 Å². The minimum atomic E-state index is -3.47. The van der Waals surface area contributed by atoms with Crippen molar-refractivity contribution in [3.8, 4) is 0 Å². The van der Waals surface area contributed by atoms with Crippen molar-refractivity contribution in [3.63, 3.8) is 0 Å². The lowest BCUT2D eigenvalue weighted by molar-refractivity contribution is -0.130. The molecule has 0 spiro atoms. The average Bonchev–Trinajstić information content (AvgIpc) is 3.29. The van der Waals surface area contributed by atoms with Gasteiger partial charge in [-0.15, -0.1) is 0 Å². The SMILES string of the molecule is CCN(C(=O)CN1CCc2ccc(S(=O)(=O)NC)cc21)C1CC1. The summed E-state index contributed by atoms with van der Waals surface area (Å²) in [4.78, 5) is 16.7. The summed E-state index contributed by atoms with van der Waals surface area (Å²) in [7, 11) is -2.07. The maximum atomic E-state index is 12.5. The van der Waals surface area contributed by atoms with E-state index in [0.717, 1.165) is 43.6 Å². The standard InChI is InChI=1S/C16H23N3O3S/c1-3-19(13-5-6-13)16(20)11-18-9-8-12-4-7-14(10-15(12)18)23(21,22)17-2/h4,7,10,13,17H,3,5-6,8-9,11H2,1-2H3. The van der Waals surface area contributed by atoms with Gasteiger partial charge in [-0.05, 0) is 50.9 Å². The summed E-state index contributed by atoms with van der Waals surface area (Å²) in [6, 6.07) is 5.56. The maximum Gasteiger partial charge on any atom is 0.242 e. The van der Waals surface area contributed by atoms with Crippen LogP contribution in [-0.2, 0) is 21.2 Å². The van der Waals surface area contributed by atoms with Crippen molar-refractivity contribution in [1.82, 2.24) is 9.62 Å². The highest BCUT2D eigenvalue weighted by atomic mass is 32.2. The van der Waals surface area contributed by atoms with Crippen molar-refractivity contribution >= 4 is 21.6 Å². The van der Waals surface area contributed by atoms with Gasteiger partial charge >= 0.3 is 0 Å². The number of fused-ring (bicyclic) bond motifs is 1. The summed E-state index contributed by atoms with van der Waals surface area (Å²) >= 11 is 0. The van der Waals surface area contributed by atoms with Crippen molar-refractivity contribution in [2.75, 3.05) is 31.6 Å². The van der Waals surface area contributed by atoms with E-state index in [4.69, 9.17) is 0 Å². The number of amides is 1. The van der Waals surface area contributed by atoms with Gasteiger partial charge in [-0.2, -0.15) is 0 Å². The van der Waals surface area contributed by atoms with E-state index in [1.165, 1.54) is 7.05 Å². The van der Waals surface area contributed by atoms with Crippen LogP contribution in [0.1, 0.15) is 25.3 Å². The Morgan fingerprint density at radius 2 is 2.13 bits per heavy atom. The number of carbonyl (C=O) groups excluding carboxylic acids is 1. The van der Waals surface area contributed by atoms with Gasteiger partial charge in [-0.1, -0.05) is 6.07 Å². The first-order valence-corrected chi connectivity index (χ1v) is 9.55. The molecule has 2 aliphatic rings. The Bertz CT molecular complexity index is 713. The molecule has 23 heavy (non-hydrogen) atoms. The molecule has 1 aromatic carbocycles. The van der Waals surface area contributed by atoms with Crippen molar-refractivity contribution in [1.29, 1.82) is 0 Å². The number of nitrogens with zero attached hydrogens (tertiary/aromatic N) is 2. The minimum Gasteiger partial charge on any atom is -0.362 e. The first-order valence-electron chi connectivity index (χ1n) is 8.07. The van der Waals surface area contributed by atoms with Crippen LogP contribution in [0.4, 0.5) is 5.69 Å². The summed E-state index contributed by atoms with van der Waals surface area (Å²) in [5, 5.41) is 0. The molecule has 1 aliphatic heterocycles. The number of likely N-dealkylation sites (N-methyl/N-ethyl adjacent to an activating group) is 1. The lowest BCUT2D eigenvalue weighted by Gasteiger charge is -2.25. The van der Waals surface area contributed by atoms with E-state index in [1.807, 2.05) is 22.8 Å². The molecule has 1 saturated carbocycles. The molecule has 0 saturated heterocycles. The van der Waals surface area contributed by atoms with Crippen LogP contribution in [0, 0.1) is 0 Å². The fourth-order valence-corrected chi connectivity index (χ4v) is 3.90. The molecule has 1 aromatic rings. The van der Waals surface area contributed by atoms with Crippen molar-refractivity contribution in [2.24, 2.45) is 0 Å². The highest BCUT2D eigenvalue weighted by Crippen LogP contribution is 2.31. The summed E-state index contributed by atoms with van der Waals surface area (Å²) in [6.07, 6.45) is 3.04. The zero-order valence-electron chi connectivity index (χ0n) is 13.6. The van der Waals surface area contributed by atoms with Gasteiger partial charge in [-0.3, -0.25) is 4.79 Å². The third kappa shape index (κ3) is 3.21. The molecule has 1 N–H and O–H groups in total. The Hall–Kier alpha value is -1.60. The van der Waals surface area contributed by atoms with E-state index in [0.29, 0.717) is 12.6 Å². The Kier molecular flexibility index (Phi) is 4.33. The molecule has 3 rings (SSSR count). The van der Waals surface area contributed by atoms with Gasteiger partial charge in [0.05, 0.1) is 11.4 Å². The summed E-state index contributed by atoms with van der Waals surface area (Å²) in [5.41, 5.74) is 1.96. The third-order valence-corrected chi connectivity index (χ3v) is 6.01. The Morgan fingerprint density at radius 3 is 2.74 bits per heavy atom. The quantitative estimate of drug-likeness (QED) is 0.840. The van der Waals surface area contributed by atoms with E-state index in [1.54, 1.807) is 12.1 Å². The lowest BCUT2D eigenvalue weighted by Crippen LogP contribution is -2.41. The van der Waals surface area contributed by atoms with Crippen LogP contribution >= 0.6 is 0 Å². The molecule has 1 amide bonds. The minimum absolute atomic E-state index is 0.129. The smallest absolute Gasteiger partial charge is 0.242 e. The highest BCUT2D eigenvalue weighted by Gasteiger charge is 2.33. The number of benzene rings is 1. The molecule has 0 unspecified atom stereocenters. The number of hydrogen-bond donors (Lipinski definition) is 1. The van der Waals surface area contributed by atoms with Crippen LogP contribution in [0.25, 0.3) is 0 Å². The highest BCUT2D eigenvalue weighted by molar-refractivity contribution is 7.89. The second kappa shape index (κ2) is 6.13. The van der Waals surface area contributed by atoms with Crippen LogP contribution in [-0.4, -0.2) is 51.9 Å². The van der Waals surface area contributed by atoms with E-state index < -0.39 is 10.0 Å². The summed E-state index contributed by atoms with van der Waals surface area (Å²) < 4.78 is 26.3. The van der Waals surface area contributed by atoms with E-state index >= 15 is 0 Å². The monoisotopic (exact) mass is 337 g/mol. The molecule has 0 aromatic heterocycles. The maximum absolute atomic E-state index is 12.5. The molecule has 0 bridgehead atoms. The first-order chi connectivity index (χ1) is 11.0. The molecule has 7 heteroatoms. The number of rotatable bonds is 6. The Labute approximate surface area is 137 Å². The van der Waals surface area contributed by atoms with Gasteiger partial charge < -0.3 is 9.80 Å². The Balaban J connectivity index is 1.80. The molecule has 0 radical (unpaired) electrons. The molecule has 1 fully saturated rings. The molecule has 1 heterocycles. The first kappa shape index (κ1) is 16.3. The van der Waals surface area contributed by atoms with E-state index in [9.17, 15) is 13.2 Å². The Morgan fingerprint density at radius 1 is 1.39 bits per heavy atom. The number of nitrogens with one attached hydrogen (secondary N) is 1. The normalized spacial score (nSPS) is 17.2. The molecule has 126 valence electrons. The zero-order valence-corrected chi connectivity index (χ0v) is 14.4. The van der Waals surface area contributed by atoms with Gasteiger partial charge in [0.25, 0.3) is 0 Å². The van der Waals surface area contributed by atoms with E-state index in [-0.39, 0.29) is 10.8 Å². The summed E-state index contributed by atoms with van der Waals surface area (Å²) in [5.74, 6) is 0.129. The van der Waals surface area contributed by atoms with Gasteiger partial charge in [0.1, 0.15) is 0 Å². The van der Waals surface area contributed by atoms with E-state index in [2.05, 4.69) is 4.72 Å². The second-order valence-electron chi connectivity index (χ2n) is 6.08. The molecule has 0 atom stereocenters. The van der Waals surface area contributed by atoms with Gasteiger partial charge in [-0.25, -0.2) is 13.1 Å². The summed E-state index contributed by atoms with van der Waals surface area (Å²) in [6.45, 7) is 3.82. The zero-order chi connectivity index (χ0) is 16.6. The fourth-order valence-electron chi connectivity index (χ4n) is 3.15. The predicted molar refractivity (Wildman–Crippen MR) is 89.0 cm³/mol. The molecular weight excluding hydrogens is 314 g/mol. The topological polar surface area (TPSA) is 69.7 Å². The van der Waals surface area contributed by atoms with Crippen LogP contribution in [0.3, 0.4) is 0 Å². The molecule has 6 nitrogen and oxygen atoms in total. The van der Waals surface area contributed by atoms with Gasteiger partial charge in [0.15, 0.2) is 0 Å². The van der Waals surface area contributed by atoms with Crippen molar-refractivity contribution in [3.05, 3.63) is 23.8 Å². The number of hydrogen-bond acceptors (Lipinski definition) is 4. The van der Waals surface area contributed by atoms with Crippen LogP contribution in [0.2, 0.25) is 0 Å². The van der Waals surface area contributed by atoms with Gasteiger partial charge in [0.2, 0.25) is 15.9 Å². The van der Waals surface area contributed by atoms with Gasteiger partial charge in [0, 0.05) is 24.8 Å². The average molecular weight is 337 g/mol. The number of anilines is 1. The van der Waals surface area contributed by atoms with Crippen molar-refractivity contribution in [2.45, 2.75) is 37.1 Å². The van der Waals surface area contributed by atoms with Crippen LogP contribution in [0.5, 0.6) is 0 Å². The predicted octanol–water partition coefficient (Wildman–Crippen LogP) is 0.968. The number of sulfonamides is 1. The molecular formula is C16H23N3O3S. The molecule has 1 aliphatic carbocycles. The third-order valence-electron chi connectivity index (χ3n) is 4.60. The second-order valence-corrected chi connectivity index (χ2v) is 7.97. The van der Waals surface area contributed by atoms with Crippen molar-refractivity contribution < 1.29 is 13.2 Å². The largest absolute Gasteiger partial charge is 0.362 e. The number of carbonyl (C=O) groups is 1. The lowest BCUT2D eigenvalue weighted by atomic mass is 10.2.